The van der Waals surface area contributed by atoms with Crippen LogP contribution in [0.3, 0.4) is 0 Å². The molecule has 0 spiro atoms. The Balaban J connectivity index is 1.43. The zero-order valence-corrected chi connectivity index (χ0v) is 28.7. The van der Waals surface area contributed by atoms with Gasteiger partial charge in [-0.3, -0.25) is 4.79 Å². The Morgan fingerprint density at radius 2 is 1.20 bits per heavy atom. The van der Waals surface area contributed by atoms with E-state index in [-0.39, 0.29) is 18.6 Å². The number of fused-ring (bicyclic) bond motifs is 2. The molecular formula is C37H49NO8. The number of ether oxygens (including phenoxy) is 5. The minimum Gasteiger partial charge on any atom is -0.490 e. The van der Waals surface area contributed by atoms with Crippen molar-refractivity contribution < 1.29 is 38.1 Å². The molecule has 5 rings (SSSR count). The topological polar surface area (TPSA) is 101 Å². The highest BCUT2D eigenvalue weighted by Gasteiger charge is 2.38. The number of likely N-dealkylation sites (tertiary alicyclic amines) is 1. The summed E-state index contributed by atoms with van der Waals surface area (Å²) in [5.74, 6) is -0.487. The van der Waals surface area contributed by atoms with Gasteiger partial charge in [0.2, 0.25) is 0 Å². The molecule has 0 radical (unpaired) electrons. The summed E-state index contributed by atoms with van der Waals surface area (Å²) >= 11 is 0. The van der Waals surface area contributed by atoms with Crippen LogP contribution < -0.4 is 18.9 Å². The molecule has 2 aromatic rings. The van der Waals surface area contributed by atoms with E-state index in [1.807, 2.05) is 55.4 Å². The van der Waals surface area contributed by atoms with Gasteiger partial charge in [-0.25, -0.2) is 9.59 Å². The first-order valence-electron chi connectivity index (χ1n) is 16.8. The standard InChI is InChI=1S/C37H49NO8/c1-20-13-15-29-26(7)31(24(5)25(6)33(29)42-20)45-36(40)35(44-30(39)16-19-38-17-10-9-11-18-38)37(41)46-32-23(4)22(3)28-14-12-21(2)43-34(28)27(32)8/h20-21,35H,9-19H2,1-8H3. The number of nitrogens with zero attached hydrogens (tertiary/aromatic N) is 1. The summed E-state index contributed by atoms with van der Waals surface area (Å²) in [6.07, 6.45) is 4.99. The summed E-state index contributed by atoms with van der Waals surface area (Å²) in [4.78, 5) is 43.1. The molecule has 3 aliphatic rings. The highest BCUT2D eigenvalue weighted by atomic mass is 16.6. The van der Waals surface area contributed by atoms with E-state index in [2.05, 4.69) is 4.90 Å². The third kappa shape index (κ3) is 6.89. The third-order valence-corrected chi connectivity index (χ3v) is 10.0. The van der Waals surface area contributed by atoms with Crippen molar-refractivity contribution in [2.75, 3.05) is 19.6 Å². The monoisotopic (exact) mass is 635 g/mol. The second-order valence-electron chi connectivity index (χ2n) is 13.3. The second kappa shape index (κ2) is 14.0. The van der Waals surface area contributed by atoms with E-state index >= 15 is 0 Å². The molecule has 9 heteroatoms. The average Bonchev–Trinajstić information content (AvgIpc) is 3.04. The number of carbonyl (C=O) groups is 3. The van der Waals surface area contributed by atoms with Crippen molar-refractivity contribution >= 4 is 17.9 Å². The van der Waals surface area contributed by atoms with Gasteiger partial charge in [0.05, 0.1) is 18.6 Å². The van der Waals surface area contributed by atoms with Gasteiger partial charge in [-0.05, 0) is 140 Å². The summed E-state index contributed by atoms with van der Waals surface area (Å²) in [6.45, 7) is 17.7. The fourth-order valence-corrected chi connectivity index (χ4v) is 6.90. The van der Waals surface area contributed by atoms with Crippen molar-refractivity contribution in [2.24, 2.45) is 0 Å². The summed E-state index contributed by atoms with van der Waals surface area (Å²) in [5.41, 5.74) is 6.87. The van der Waals surface area contributed by atoms with Gasteiger partial charge in [0, 0.05) is 17.7 Å². The van der Waals surface area contributed by atoms with Crippen LogP contribution in [0, 0.1) is 41.5 Å². The van der Waals surface area contributed by atoms with Gasteiger partial charge in [0.15, 0.2) is 0 Å². The van der Waals surface area contributed by atoms with Crippen LogP contribution in [-0.2, 0) is 32.0 Å². The first-order valence-corrected chi connectivity index (χ1v) is 16.8. The molecular weight excluding hydrogens is 586 g/mol. The number of esters is 3. The first-order chi connectivity index (χ1) is 21.9. The van der Waals surface area contributed by atoms with Crippen LogP contribution in [0.1, 0.15) is 96.9 Å². The molecule has 3 atom stereocenters. The molecule has 0 bridgehead atoms. The smallest absolute Gasteiger partial charge is 0.364 e. The van der Waals surface area contributed by atoms with Crippen LogP contribution >= 0.6 is 0 Å². The van der Waals surface area contributed by atoms with E-state index in [4.69, 9.17) is 23.7 Å². The Kier molecular flexibility index (Phi) is 10.3. The second-order valence-corrected chi connectivity index (χ2v) is 13.3. The van der Waals surface area contributed by atoms with Gasteiger partial charge in [0.1, 0.15) is 23.0 Å². The molecule has 1 saturated heterocycles. The van der Waals surface area contributed by atoms with Crippen molar-refractivity contribution in [2.45, 2.75) is 125 Å². The Hall–Kier alpha value is -3.59. The van der Waals surface area contributed by atoms with Crippen LogP contribution in [0.4, 0.5) is 0 Å². The molecule has 9 nitrogen and oxygen atoms in total. The zero-order valence-electron chi connectivity index (χ0n) is 28.7. The molecule has 1 fully saturated rings. The molecule has 0 N–H and O–H groups in total. The van der Waals surface area contributed by atoms with Crippen molar-refractivity contribution in [3.63, 3.8) is 0 Å². The number of carbonyl (C=O) groups excluding carboxylic acids is 3. The van der Waals surface area contributed by atoms with Gasteiger partial charge in [-0.1, -0.05) is 6.42 Å². The average molecular weight is 636 g/mol. The maximum Gasteiger partial charge on any atom is 0.364 e. The summed E-state index contributed by atoms with van der Waals surface area (Å²) in [7, 11) is 0. The Labute approximate surface area is 272 Å². The van der Waals surface area contributed by atoms with Gasteiger partial charge in [-0.2, -0.15) is 0 Å². The molecule has 250 valence electrons. The molecule has 0 aliphatic carbocycles. The molecule has 0 aromatic heterocycles. The Morgan fingerprint density at radius 1 is 0.696 bits per heavy atom. The van der Waals surface area contributed by atoms with E-state index in [1.165, 1.54) is 6.42 Å². The number of hydrogen-bond donors (Lipinski definition) is 0. The van der Waals surface area contributed by atoms with Crippen molar-refractivity contribution in [1.29, 1.82) is 0 Å². The van der Waals surface area contributed by atoms with Crippen LogP contribution in [0.25, 0.3) is 0 Å². The summed E-state index contributed by atoms with van der Waals surface area (Å²) in [5, 5.41) is 0. The van der Waals surface area contributed by atoms with Crippen LogP contribution in [-0.4, -0.2) is 60.8 Å². The van der Waals surface area contributed by atoms with Gasteiger partial charge < -0.3 is 28.6 Å². The van der Waals surface area contributed by atoms with Crippen LogP contribution in [0.2, 0.25) is 0 Å². The molecule has 3 unspecified atom stereocenters. The largest absolute Gasteiger partial charge is 0.490 e. The highest BCUT2D eigenvalue weighted by Crippen LogP contribution is 2.43. The quantitative estimate of drug-likeness (QED) is 0.189. The number of piperidine rings is 1. The van der Waals surface area contributed by atoms with E-state index < -0.39 is 24.0 Å². The molecule has 3 aliphatic heterocycles. The van der Waals surface area contributed by atoms with Gasteiger partial charge in [-0.15, -0.1) is 0 Å². The fraction of sp³-hybridized carbons (Fsp3) is 0.595. The summed E-state index contributed by atoms with van der Waals surface area (Å²) in [6, 6.07) is 0. The van der Waals surface area contributed by atoms with Gasteiger partial charge in [0.25, 0.3) is 6.10 Å². The lowest BCUT2D eigenvalue weighted by molar-refractivity contribution is -0.172. The lowest BCUT2D eigenvalue weighted by Gasteiger charge is -2.29. The van der Waals surface area contributed by atoms with E-state index in [0.29, 0.717) is 29.4 Å². The lowest BCUT2D eigenvalue weighted by Crippen LogP contribution is -2.42. The van der Waals surface area contributed by atoms with Crippen LogP contribution in [0.5, 0.6) is 23.0 Å². The van der Waals surface area contributed by atoms with E-state index in [1.54, 1.807) is 0 Å². The maximum absolute atomic E-state index is 13.9. The Morgan fingerprint density at radius 3 is 1.78 bits per heavy atom. The minimum atomic E-state index is -1.91. The number of rotatable bonds is 8. The highest BCUT2D eigenvalue weighted by molar-refractivity contribution is 6.01. The van der Waals surface area contributed by atoms with Crippen molar-refractivity contribution in [3.05, 3.63) is 44.5 Å². The van der Waals surface area contributed by atoms with Gasteiger partial charge >= 0.3 is 17.9 Å². The van der Waals surface area contributed by atoms with Crippen LogP contribution in [0.15, 0.2) is 0 Å². The SMILES string of the molecule is Cc1c(C)c(OC(=O)C(OC(=O)CCN2CCCCC2)C(=O)Oc2c(C)c(C)c3c(c2C)CCC(C)O3)c(C)c2c1CCC(C)O2. The molecule has 0 saturated carbocycles. The number of hydrogen-bond acceptors (Lipinski definition) is 9. The third-order valence-electron chi connectivity index (χ3n) is 10.0. The molecule has 0 amide bonds. The molecule has 2 aromatic carbocycles. The van der Waals surface area contributed by atoms with Crippen molar-refractivity contribution in [1.82, 2.24) is 4.90 Å². The minimum absolute atomic E-state index is 0.0283. The normalized spacial score (nSPS) is 20.0. The predicted molar refractivity (Wildman–Crippen MR) is 174 cm³/mol. The van der Waals surface area contributed by atoms with E-state index in [0.717, 1.165) is 96.3 Å². The zero-order chi connectivity index (χ0) is 33.3. The van der Waals surface area contributed by atoms with E-state index in [9.17, 15) is 14.4 Å². The lowest BCUT2D eigenvalue weighted by atomic mass is 9.91. The predicted octanol–water partition coefficient (Wildman–Crippen LogP) is 6.26. The number of benzene rings is 2. The Bertz CT molecular complexity index is 1520. The fourth-order valence-electron chi connectivity index (χ4n) is 6.90. The van der Waals surface area contributed by atoms with Crippen molar-refractivity contribution in [3.8, 4) is 23.0 Å². The molecule has 3 heterocycles. The maximum atomic E-state index is 13.9. The molecule has 46 heavy (non-hydrogen) atoms. The summed E-state index contributed by atoms with van der Waals surface area (Å²) < 4.78 is 29.8. The first kappa shape index (κ1) is 33.8.